The van der Waals surface area contributed by atoms with Crippen LogP contribution in [0.25, 0.3) is 0 Å². The second kappa shape index (κ2) is 11.4. The molecule has 1 heterocycles. The third kappa shape index (κ3) is 6.29. The lowest BCUT2D eigenvalue weighted by Crippen LogP contribution is -2.47. The predicted molar refractivity (Wildman–Crippen MR) is 124 cm³/mol. The van der Waals surface area contributed by atoms with Gasteiger partial charge in [0.05, 0.1) is 36.8 Å². The maximum absolute atomic E-state index is 12.8. The van der Waals surface area contributed by atoms with Crippen LogP contribution in [0.5, 0.6) is 5.75 Å². The van der Waals surface area contributed by atoms with Crippen LogP contribution in [0.3, 0.4) is 0 Å². The van der Waals surface area contributed by atoms with E-state index in [1.54, 1.807) is 38.3 Å². The quantitative estimate of drug-likeness (QED) is 0.427. The summed E-state index contributed by atoms with van der Waals surface area (Å²) in [5.41, 5.74) is 2.09. The van der Waals surface area contributed by atoms with E-state index in [1.165, 1.54) is 11.8 Å². The number of thioether (sulfide) groups is 1. The molecule has 0 spiro atoms. The van der Waals surface area contributed by atoms with Crippen LogP contribution in [0.2, 0.25) is 0 Å². The molecule has 2 aromatic carbocycles. The van der Waals surface area contributed by atoms with E-state index < -0.39 is 24.0 Å². The fraction of sp³-hybridized carbons (Fsp3) is 0.292. The Hall–Kier alpha value is -3.46. The van der Waals surface area contributed by atoms with Crippen LogP contribution in [0.1, 0.15) is 24.1 Å². The first-order chi connectivity index (χ1) is 15.9. The van der Waals surface area contributed by atoms with Crippen molar-refractivity contribution >= 4 is 29.7 Å². The van der Waals surface area contributed by atoms with E-state index in [4.69, 9.17) is 14.2 Å². The Morgan fingerprint density at radius 2 is 1.79 bits per heavy atom. The van der Waals surface area contributed by atoms with Crippen molar-refractivity contribution in [3.63, 3.8) is 0 Å². The van der Waals surface area contributed by atoms with Crippen molar-refractivity contribution in [3.8, 4) is 5.75 Å². The number of rotatable bonds is 9. The van der Waals surface area contributed by atoms with Gasteiger partial charge in [-0.05, 0) is 43.2 Å². The second-order valence-electron chi connectivity index (χ2n) is 7.13. The Bertz CT molecular complexity index is 1050. The summed E-state index contributed by atoms with van der Waals surface area (Å²) in [6.07, 6.45) is 0. The normalized spacial score (nSPS) is 15.4. The Morgan fingerprint density at radius 1 is 1.06 bits per heavy atom. The largest absolute Gasteiger partial charge is 0.497 e. The minimum atomic E-state index is -0.765. The molecule has 8 nitrogen and oxygen atoms in total. The van der Waals surface area contributed by atoms with E-state index in [-0.39, 0.29) is 30.2 Å². The molecule has 1 unspecified atom stereocenters. The maximum Gasteiger partial charge on any atom is 0.338 e. The monoisotopic (exact) mass is 470 g/mol. The average molecular weight is 471 g/mol. The van der Waals surface area contributed by atoms with Crippen molar-refractivity contribution in [1.82, 2.24) is 10.6 Å². The molecular weight excluding hydrogens is 444 g/mol. The number of benzene rings is 2. The molecule has 2 amide bonds. The van der Waals surface area contributed by atoms with Crippen molar-refractivity contribution in [1.29, 1.82) is 0 Å². The molecular formula is C24H26N2O6S. The molecule has 9 heteroatoms. The lowest BCUT2D eigenvalue weighted by Gasteiger charge is -2.29. The van der Waals surface area contributed by atoms with E-state index in [9.17, 15) is 14.4 Å². The molecule has 0 aliphatic carbocycles. The molecule has 1 aliphatic heterocycles. The summed E-state index contributed by atoms with van der Waals surface area (Å²) < 4.78 is 15.8. The lowest BCUT2D eigenvalue weighted by atomic mass is 9.95. The van der Waals surface area contributed by atoms with Gasteiger partial charge in [-0.3, -0.25) is 4.79 Å². The van der Waals surface area contributed by atoms with E-state index >= 15 is 0 Å². The topological polar surface area (TPSA) is 103 Å². The number of hydrogen-bond donors (Lipinski definition) is 2. The van der Waals surface area contributed by atoms with Gasteiger partial charge in [-0.1, -0.05) is 30.3 Å². The number of carbonyl (C=O) groups is 3. The molecule has 0 aromatic heterocycles. The predicted octanol–water partition coefficient (Wildman–Crippen LogP) is 3.51. The molecule has 1 aliphatic rings. The van der Waals surface area contributed by atoms with Gasteiger partial charge >= 0.3 is 18.0 Å². The van der Waals surface area contributed by atoms with Crippen LogP contribution in [-0.4, -0.2) is 44.0 Å². The molecule has 0 saturated heterocycles. The first-order valence-corrected chi connectivity index (χ1v) is 11.4. The van der Waals surface area contributed by atoms with Crippen molar-refractivity contribution < 1.29 is 28.6 Å². The molecule has 0 bridgehead atoms. The summed E-state index contributed by atoms with van der Waals surface area (Å²) >= 11 is 1.36. The van der Waals surface area contributed by atoms with Gasteiger partial charge in [0.25, 0.3) is 0 Å². The molecule has 0 saturated carbocycles. The number of carbonyl (C=O) groups excluding carboxylic acids is 3. The van der Waals surface area contributed by atoms with Gasteiger partial charge in [-0.15, -0.1) is 11.8 Å². The number of urea groups is 1. The molecule has 3 rings (SSSR count). The molecule has 1 atom stereocenters. The van der Waals surface area contributed by atoms with Gasteiger partial charge in [0.2, 0.25) is 0 Å². The molecule has 33 heavy (non-hydrogen) atoms. The zero-order valence-corrected chi connectivity index (χ0v) is 19.5. The van der Waals surface area contributed by atoms with Crippen LogP contribution < -0.4 is 15.4 Å². The molecule has 2 aromatic rings. The third-order valence-corrected chi connectivity index (χ3v) is 6.06. The summed E-state index contributed by atoms with van der Waals surface area (Å²) in [6, 6.07) is 13.4. The van der Waals surface area contributed by atoms with E-state index in [1.807, 2.05) is 31.2 Å². The highest BCUT2D eigenvalue weighted by atomic mass is 32.2. The first kappa shape index (κ1) is 24.2. The van der Waals surface area contributed by atoms with Gasteiger partial charge in [0.15, 0.2) is 0 Å². The number of nitrogens with one attached hydrogen (secondary N) is 2. The van der Waals surface area contributed by atoms with E-state index in [0.717, 1.165) is 10.5 Å². The highest BCUT2D eigenvalue weighted by Gasteiger charge is 2.34. The third-order valence-electron chi connectivity index (χ3n) is 4.91. The lowest BCUT2D eigenvalue weighted by molar-refractivity contribution is -0.141. The minimum Gasteiger partial charge on any atom is -0.497 e. The Morgan fingerprint density at radius 3 is 2.45 bits per heavy atom. The van der Waals surface area contributed by atoms with Crippen molar-refractivity contribution in [2.24, 2.45) is 0 Å². The second-order valence-corrected chi connectivity index (χ2v) is 8.15. The number of esters is 2. The van der Waals surface area contributed by atoms with E-state index in [0.29, 0.717) is 11.3 Å². The Balaban J connectivity index is 1.78. The zero-order valence-electron chi connectivity index (χ0n) is 18.7. The van der Waals surface area contributed by atoms with Gasteiger partial charge in [-0.2, -0.15) is 0 Å². The van der Waals surface area contributed by atoms with Crippen LogP contribution in [-0.2, 0) is 19.1 Å². The molecule has 0 radical (unpaired) electrons. The molecule has 2 N–H and O–H groups in total. The fourth-order valence-corrected chi connectivity index (χ4v) is 4.10. The van der Waals surface area contributed by atoms with Crippen LogP contribution in [0.15, 0.2) is 64.7 Å². The maximum atomic E-state index is 12.8. The van der Waals surface area contributed by atoms with Crippen LogP contribution in [0.4, 0.5) is 4.79 Å². The van der Waals surface area contributed by atoms with Gasteiger partial charge < -0.3 is 24.8 Å². The number of aryl methyl sites for hydroxylation is 1. The molecule has 174 valence electrons. The number of ether oxygens (including phenoxy) is 3. The van der Waals surface area contributed by atoms with Gasteiger partial charge in [0, 0.05) is 4.90 Å². The summed E-state index contributed by atoms with van der Waals surface area (Å²) in [7, 11) is 1.55. The average Bonchev–Trinajstić information content (AvgIpc) is 2.82. The molecule has 0 fully saturated rings. The number of amides is 2. The number of methoxy groups -OCH3 is 1. The van der Waals surface area contributed by atoms with Crippen molar-refractivity contribution in [3.05, 3.63) is 70.9 Å². The minimum absolute atomic E-state index is 0.0982. The van der Waals surface area contributed by atoms with Crippen molar-refractivity contribution in [2.75, 3.05) is 26.1 Å². The smallest absolute Gasteiger partial charge is 0.338 e. The van der Waals surface area contributed by atoms with Crippen molar-refractivity contribution in [2.45, 2.75) is 24.8 Å². The van der Waals surface area contributed by atoms with Gasteiger partial charge in [-0.25, -0.2) is 9.59 Å². The number of hydrogen-bond acceptors (Lipinski definition) is 7. The highest BCUT2D eigenvalue weighted by molar-refractivity contribution is 8.00. The summed E-state index contributed by atoms with van der Waals surface area (Å²) in [5, 5.41) is 5.32. The summed E-state index contributed by atoms with van der Waals surface area (Å²) in [6.45, 7) is 3.55. The fourth-order valence-electron chi connectivity index (χ4n) is 3.28. The summed E-state index contributed by atoms with van der Waals surface area (Å²) in [4.78, 5) is 38.4. The Kier molecular flexibility index (Phi) is 8.37. The van der Waals surface area contributed by atoms with E-state index in [2.05, 4.69) is 10.6 Å². The summed E-state index contributed by atoms with van der Waals surface area (Å²) in [5.74, 6) is -0.332. The zero-order chi connectivity index (χ0) is 23.8. The highest BCUT2D eigenvalue weighted by Crippen LogP contribution is 2.29. The SMILES string of the molecule is CCOC(=O)C1=C(COC(=O)CSc2ccccc2C)NC(=O)NC1c1ccc(OC)cc1. The first-order valence-electron chi connectivity index (χ1n) is 10.4. The Labute approximate surface area is 196 Å². The standard InChI is InChI=1S/C24H26N2O6S/c1-4-31-23(28)21-18(13-32-20(27)14-33-19-8-6-5-7-15(19)2)25-24(29)26-22(21)16-9-11-17(30-3)12-10-16/h5-12,22H,4,13-14H2,1-3H3,(H2,25,26,29). The van der Waals surface area contributed by atoms with Crippen LogP contribution in [0, 0.1) is 6.92 Å². The van der Waals surface area contributed by atoms with Gasteiger partial charge in [0.1, 0.15) is 12.4 Å². The van der Waals surface area contributed by atoms with Crippen LogP contribution >= 0.6 is 11.8 Å².